The molecule has 132 valence electrons. The van der Waals surface area contributed by atoms with E-state index >= 15 is 0 Å². The third kappa shape index (κ3) is 2.90. The van der Waals surface area contributed by atoms with Gasteiger partial charge in [0.25, 0.3) is 0 Å². The predicted octanol–water partition coefficient (Wildman–Crippen LogP) is 3.03. The van der Waals surface area contributed by atoms with E-state index in [9.17, 15) is 0 Å². The van der Waals surface area contributed by atoms with E-state index in [2.05, 4.69) is 36.1 Å². The van der Waals surface area contributed by atoms with Crippen LogP contribution in [0.1, 0.15) is 33.9 Å². The lowest BCUT2D eigenvalue weighted by molar-refractivity contribution is 0.159. The quantitative estimate of drug-likeness (QED) is 0.930. The Bertz CT molecular complexity index is 787. The molecule has 2 aliphatic heterocycles. The van der Waals surface area contributed by atoms with E-state index < -0.39 is 0 Å². The molecular weight excluding hydrogens is 314 g/mol. The van der Waals surface area contributed by atoms with Crippen LogP contribution in [0.2, 0.25) is 0 Å². The van der Waals surface area contributed by atoms with Gasteiger partial charge >= 0.3 is 0 Å². The molecule has 4 heteroatoms. The van der Waals surface area contributed by atoms with Crippen LogP contribution in [-0.4, -0.2) is 36.9 Å². The van der Waals surface area contributed by atoms with Gasteiger partial charge in [-0.25, -0.2) is 0 Å². The monoisotopic (exact) mass is 339 g/mol. The summed E-state index contributed by atoms with van der Waals surface area (Å²) in [5, 5.41) is 8.93. The number of hydrogen-bond acceptors (Lipinski definition) is 4. The van der Waals surface area contributed by atoms with Gasteiger partial charge in [-0.1, -0.05) is 12.1 Å². The first kappa shape index (κ1) is 16.4. The molecule has 1 unspecified atom stereocenters. The molecule has 4 rings (SSSR count). The summed E-state index contributed by atoms with van der Waals surface area (Å²) < 4.78 is 11.1. The minimum atomic E-state index is 0.0487. The number of hydrogen-bond donors (Lipinski definition) is 1. The van der Waals surface area contributed by atoms with Crippen molar-refractivity contribution in [3.05, 3.63) is 58.1 Å². The van der Waals surface area contributed by atoms with Crippen LogP contribution in [0, 0.1) is 6.92 Å². The van der Waals surface area contributed by atoms with Gasteiger partial charge in [0.05, 0.1) is 13.7 Å². The SMILES string of the molecule is COc1ccc2c(c1C)CN1CCc3cc(OCCO)ccc3C1C2. The Hall–Kier alpha value is -2.04. The smallest absolute Gasteiger partial charge is 0.122 e. The summed E-state index contributed by atoms with van der Waals surface area (Å²) in [6, 6.07) is 11.2. The van der Waals surface area contributed by atoms with Crippen molar-refractivity contribution in [2.45, 2.75) is 32.4 Å². The van der Waals surface area contributed by atoms with Crippen molar-refractivity contribution in [3.8, 4) is 11.5 Å². The van der Waals surface area contributed by atoms with Crippen molar-refractivity contribution >= 4 is 0 Å². The third-order valence-corrected chi connectivity index (χ3v) is 5.58. The molecule has 0 saturated carbocycles. The van der Waals surface area contributed by atoms with Gasteiger partial charge in [-0.2, -0.15) is 0 Å². The van der Waals surface area contributed by atoms with E-state index in [1.807, 2.05) is 6.07 Å². The summed E-state index contributed by atoms with van der Waals surface area (Å²) in [7, 11) is 1.74. The maximum atomic E-state index is 8.93. The first-order valence-corrected chi connectivity index (χ1v) is 8.97. The largest absolute Gasteiger partial charge is 0.496 e. The molecule has 1 N–H and O–H groups in total. The summed E-state index contributed by atoms with van der Waals surface area (Å²) in [5.41, 5.74) is 6.94. The number of rotatable bonds is 4. The van der Waals surface area contributed by atoms with Crippen molar-refractivity contribution in [2.75, 3.05) is 26.9 Å². The normalized spacial score (nSPS) is 18.9. The Morgan fingerprint density at radius 1 is 1.20 bits per heavy atom. The molecule has 0 saturated heterocycles. The van der Waals surface area contributed by atoms with Gasteiger partial charge in [0, 0.05) is 19.1 Å². The van der Waals surface area contributed by atoms with Gasteiger partial charge < -0.3 is 14.6 Å². The second-order valence-electron chi connectivity index (χ2n) is 6.90. The number of benzene rings is 2. The lowest BCUT2D eigenvalue weighted by atomic mass is 9.83. The minimum Gasteiger partial charge on any atom is -0.496 e. The lowest BCUT2D eigenvalue weighted by Gasteiger charge is -2.42. The van der Waals surface area contributed by atoms with E-state index in [1.165, 1.54) is 27.8 Å². The zero-order chi connectivity index (χ0) is 17.4. The second-order valence-corrected chi connectivity index (χ2v) is 6.90. The molecule has 0 fully saturated rings. The summed E-state index contributed by atoms with van der Waals surface area (Å²) in [5.74, 6) is 1.85. The fourth-order valence-electron chi connectivity index (χ4n) is 4.26. The van der Waals surface area contributed by atoms with Crippen LogP contribution in [0.3, 0.4) is 0 Å². The van der Waals surface area contributed by atoms with E-state index in [-0.39, 0.29) is 6.61 Å². The molecule has 0 bridgehead atoms. The molecule has 2 aliphatic rings. The molecule has 2 heterocycles. The molecule has 2 aromatic carbocycles. The first-order chi connectivity index (χ1) is 12.2. The Kier molecular flexibility index (Phi) is 4.40. The summed E-state index contributed by atoms with van der Waals surface area (Å²) in [4.78, 5) is 2.59. The van der Waals surface area contributed by atoms with Crippen molar-refractivity contribution in [1.29, 1.82) is 0 Å². The minimum absolute atomic E-state index is 0.0487. The van der Waals surface area contributed by atoms with Gasteiger partial charge in [-0.15, -0.1) is 0 Å². The van der Waals surface area contributed by atoms with Crippen molar-refractivity contribution in [1.82, 2.24) is 4.90 Å². The van der Waals surface area contributed by atoms with E-state index in [4.69, 9.17) is 14.6 Å². The van der Waals surface area contributed by atoms with Crippen LogP contribution in [0.15, 0.2) is 30.3 Å². The zero-order valence-corrected chi connectivity index (χ0v) is 14.9. The van der Waals surface area contributed by atoms with Crippen LogP contribution >= 0.6 is 0 Å². The van der Waals surface area contributed by atoms with Gasteiger partial charge in [0.15, 0.2) is 0 Å². The van der Waals surface area contributed by atoms with Gasteiger partial charge in [-0.3, -0.25) is 4.90 Å². The van der Waals surface area contributed by atoms with Crippen LogP contribution in [0.5, 0.6) is 11.5 Å². The second kappa shape index (κ2) is 6.70. The molecule has 25 heavy (non-hydrogen) atoms. The number of ether oxygens (including phenoxy) is 2. The topological polar surface area (TPSA) is 41.9 Å². The molecule has 0 amide bonds. The van der Waals surface area contributed by atoms with Crippen LogP contribution in [0.4, 0.5) is 0 Å². The molecule has 2 aromatic rings. The highest BCUT2D eigenvalue weighted by atomic mass is 16.5. The van der Waals surface area contributed by atoms with Crippen LogP contribution in [0.25, 0.3) is 0 Å². The summed E-state index contributed by atoms with van der Waals surface area (Å²) in [6.45, 7) is 4.62. The number of fused-ring (bicyclic) bond motifs is 4. The Labute approximate surface area is 149 Å². The highest BCUT2D eigenvalue weighted by molar-refractivity contribution is 5.48. The first-order valence-electron chi connectivity index (χ1n) is 8.97. The third-order valence-electron chi connectivity index (χ3n) is 5.58. The molecular formula is C21H25NO3. The average Bonchev–Trinajstić information content (AvgIpc) is 2.65. The van der Waals surface area contributed by atoms with E-state index in [0.717, 1.165) is 37.4 Å². The Morgan fingerprint density at radius 2 is 2.08 bits per heavy atom. The number of methoxy groups -OCH3 is 1. The zero-order valence-electron chi connectivity index (χ0n) is 14.9. The molecule has 0 aliphatic carbocycles. The lowest BCUT2D eigenvalue weighted by Crippen LogP contribution is -2.39. The molecule has 0 aromatic heterocycles. The summed E-state index contributed by atoms with van der Waals surface area (Å²) >= 11 is 0. The van der Waals surface area contributed by atoms with Crippen molar-refractivity contribution < 1.29 is 14.6 Å². The fraction of sp³-hybridized carbons (Fsp3) is 0.429. The van der Waals surface area contributed by atoms with E-state index in [1.54, 1.807) is 7.11 Å². The van der Waals surface area contributed by atoms with Crippen molar-refractivity contribution in [2.24, 2.45) is 0 Å². The Balaban J connectivity index is 1.65. The van der Waals surface area contributed by atoms with E-state index in [0.29, 0.717) is 12.6 Å². The molecule has 0 spiro atoms. The average molecular weight is 339 g/mol. The fourth-order valence-corrected chi connectivity index (χ4v) is 4.26. The Morgan fingerprint density at radius 3 is 2.88 bits per heavy atom. The maximum absolute atomic E-state index is 8.93. The number of aliphatic hydroxyl groups excluding tert-OH is 1. The molecule has 4 nitrogen and oxygen atoms in total. The maximum Gasteiger partial charge on any atom is 0.122 e. The van der Waals surface area contributed by atoms with Gasteiger partial charge in [-0.05, 0) is 65.8 Å². The molecule has 1 atom stereocenters. The molecule has 0 radical (unpaired) electrons. The highest BCUT2D eigenvalue weighted by Crippen LogP contribution is 2.41. The number of aliphatic hydroxyl groups is 1. The highest BCUT2D eigenvalue weighted by Gasteiger charge is 2.33. The van der Waals surface area contributed by atoms with Gasteiger partial charge in [0.1, 0.15) is 18.1 Å². The van der Waals surface area contributed by atoms with Crippen LogP contribution < -0.4 is 9.47 Å². The number of nitrogens with zero attached hydrogens (tertiary/aromatic N) is 1. The van der Waals surface area contributed by atoms with Gasteiger partial charge in [0.2, 0.25) is 0 Å². The van der Waals surface area contributed by atoms with Crippen LogP contribution in [-0.2, 0) is 19.4 Å². The van der Waals surface area contributed by atoms with Crippen molar-refractivity contribution in [3.63, 3.8) is 0 Å². The predicted molar refractivity (Wildman–Crippen MR) is 97.3 cm³/mol. The standard InChI is InChI=1S/C21H25NO3/c1-14-19-13-22-8-7-16-11-17(25-10-9-23)4-5-18(16)20(22)12-15(19)3-6-21(14)24-2/h3-6,11,20,23H,7-10,12-13H2,1-2H3. The summed E-state index contributed by atoms with van der Waals surface area (Å²) in [6.07, 6.45) is 2.09.